The number of carbonyl (C=O) groups excluding carboxylic acids is 1. The van der Waals surface area contributed by atoms with Crippen LogP contribution in [-0.2, 0) is 22.4 Å². The molecule has 2 atom stereocenters. The Morgan fingerprint density at radius 1 is 1.33 bits per heavy atom. The Bertz CT molecular complexity index is 473. The Morgan fingerprint density at radius 3 is 2.62 bits per heavy atom. The molecule has 118 valence electrons. The lowest BCUT2D eigenvalue weighted by molar-refractivity contribution is -0.143. The molecule has 1 heterocycles. The van der Waals surface area contributed by atoms with Gasteiger partial charge in [0.1, 0.15) is 6.04 Å². The van der Waals surface area contributed by atoms with E-state index in [0.29, 0.717) is 24.6 Å². The zero-order chi connectivity index (χ0) is 15.8. The number of aliphatic carboxylic acids is 1. The highest BCUT2D eigenvalue weighted by Gasteiger charge is 2.25. The molecule has 1 amide bonds. The highest BCUT2D eigenvalue weighted by Crippen LogP contribution is 2.09. The molecule has 2 N–H and O–H groups in total. The normalized spacial score (nSPS) is 13.7. The smallest absolute Gasteiger partial charge is 0.326 e. The third-order valence-electron chi connectivity index (χ3n) is 3.35. The monoisotopic (exact) mass is 297 g/mol. The zero-order valence-corrected chi connectivity index (χ0v) is 12.8. The summed E-state index contributed by atoms with van der Waals surface area (Å²) >= 11 is 0. The van der Waals surface area contributed by atoms with E-state index < -0.39 is 12.0 Å². The third-order valence-corrected chi connectivity index (χ3v) is 3.35. The summed E-state index contributed by atoms with van der Waals surface area (Å²) in [5.41, 5.74) is 0. The topological polar surface area (TPSA) is 105 Å². The van der Waals surface area contributed by atoms with Crippen molar-refractivity contribution in [2.75, 3.05) is 0 Å². The minimum atomic E-state index is -1.01. The van der Waals surface area contributed by atoms with Gasteiger partial charge in [0, 0.05) is 19.3 Å². The fourth-order valence-electron chi connectivity index (χ4n) is 1.87. The summed E-state index contributed by atoms with van der Waals surface area (Å²) in [6.07, 6.45) is 2.80. The van der Waals surface area contributed by atoms with Crippen LogP contribution in [0.3, 0.4) is 0 Å². The van der Waals surface area contributed by atoms with Crippen LogP contribution in [0.15, 0.2) is 4.52 Å². The maximum absolute atomic E-state index is 11.8. The van der Waals surface area contributed by atoms with E-state index in [4.69, 9.17) is 9.63 Å². The second-order valence-electron chi connectivity index (χ2n) is 5.12. The lowest BCUT2D eigenvalue weighted by atomic mass is 9.99. The second-order valence-corrected chi connectivity index (χ2v) is 5.12. The van der Waals surface area contributed by atoms with E-state index in [1.54, 1.807) is 6.92 Å². The van der Waals surface area contributed by atoms with Crippen LogP contribution in [0, 0.1) is 5.92 Å². The van der Waals surface area contributed by atoms with Crippen molar-refractivity contribution in [1.29, 1.82) is 0 Å². The molecule has 0 bridgehead atoms. The number of rotatable bonds is 9. The molecule has 0 saturated carbocycles. The summed E-state index contributed by atoms with van der Waals surface area (Å²) in [5, 5.41) is 15.5. The average Bonchev–Trinajstić information content (AvgIpc) is 2.89. The van der Waals surface area contributed by atoms with Gasteiger partial charge in [0.25, 0.3) is 0 Å². The zero-order valence-electron chi connectivity index (χ0n) is 12.8. The minimum absolute atomic E-state index is 0.119. The van der Waals surface area contributed by atoms with Crippen molar-refractivity contribution in [2.45, 2.75) is 58.9 Å². The predicted octanol–water partition coefficient (Wildman–Crippen LogP) is 1.57. The standard InChI is InChI=1S/C14H23N3O4/c1-4-6-10-15-12(21-17-10)8-7-11(18)16-13(14(19)20)9(3)5-2/h9,13H,4-8H2,1-3H3,(H,16,18)(H,19,20)/t9-,13-/m0/s1. The number of carbonyl (C=O) groups is 2. The number of amides is 1. The van der Waals surface area contributed by atoms with Crippen molar-refractivity contribution in [3.63, 3.8) is 0 Å². The first kappa shape index (κ1) is 17.1. The highest BCUT2D eigenvalue weighted by atomic mass is 16.5. The van der Waals surface area contributed by atoms with Crippen LogP contribution < -0.4 is 5.32 Å². The first-order chi connectivity index (χ1) is 9.97. The molecule has 7 nitrogen and oxygen atoms in total. The van der Waals surface area contributed by atoms with Gasteiger partial charge >= 0.3 is 5.97 Å². The summed E-state index contributed by atoms with van der Waals surface area (Å²) in [4.78, 5) is 27.1. The summed E-state index contributed by atoms with van der Waals surface area (Å²) < 4.78 is 5.03. The molecule has 0 unspecified atom stereocenters. The molecule has 0 aliphatic rings. The van der Waals surface area contributed by atoms with Gasteiger partial charge in [-0.05, 0) is 12.3 Å². The number of carboxylic acids is 1. The second kappa shape index (κ2) is 8.39. The summed E-state index contributed by atoms with van der Waals surface area (Å²) in [6, 6.07) is -0.860. The van der Waals surface area contributed by atoms with E-state index >= 15 is 0 Å². The molecule has 0 fully saturated rings. The number of aryl methyl sites for hydroxylation is 2. The summed E-state index contributed by atoms with van der Waals surface area (Å²) in [7, 11) is 0. The number of aromatic nitrogens is 2. The van der Waals surface area contributed by atoms with Crippen LogP contribution in [0.4, 0.5) is 0 Å². The van der Waals surface area contributed by atoms with Crippen molar-refractivity contribution in [1.82, 2.24) is 15.5 Å². The van der Waals surface area contributed by atoms with Crippen molar-refractivity contribution < 1.29 is 19.2 Å². The molecule has 1 aromatic rings. The molecule has 0 aliphatic heterocycles. The van der Waals surface area contributed by atoms with Crippen molar-refractivity contribution in [2.24, 2.45) is 5.92 Å². The highest BCUT2D eigenvalue weighted by molar-refractivity contribution is 5.83. The lowest BCUT2D eigenvalue weighted by Gasteiger charge is -2.19. The molecule has 1 rings (SSSR count). The van der Waals surface area contributed by atoms with Gasteiger partial charge in [-0.2, -0.15) is 4.98 Å². The fraction of sp³-hybridized carbons (Fsp3) is 0.714. The van der Waals surface area contributed by atoms with Crippen LogP contribution in [-0.4, -0.2) is 33.2 Å². The van der Waals surface area contributed by atoms with Gasteiger partial charge in [0.2, 0.25) is 11.8 Å². The number of nitrogens with one attached hydrogen (secondary N) is 1. The molecule has 1 aromatic heterocycles. The molecule has 0 aromatic carbocycles. The summed E-state index contributed by atoms with van der Waals surface area (Å²) in [6.45, 7) is 5.71. The van der Waals surface area contributed by atoms with Gasteiger partial charge < -0.3 is 14.9 Å². The molecular weight excluding hydrogens is 274 g/mol. The largest absolute Gasteiger partial charge is 0.480 e. The lowest BCUT2D eigenvalue weighted by Crippen LogP contribution is -2.45. The molecule has 7 heteroatoms. The average molecular weight is 297 g/mol. The molecule has 0 aliphatic carbocycles. The maximum atomic E-state index is 11.8. The van der Waals surface area contributed by atoms with Crippen LogP contribution in [0.2, 0.25) is 0 Å². The minimum Gasteiger partial charge on any atom is -0.480 e. The van der Waals surface area contributed by atoms with Gasteiger partial charge in [0.15, 0.2) is 5.82 Å². The molecular formula is C14H23N3O4. The Kier molecular flexibility index (Phi) is 6.84. The van der Waals surface area contributed by atoms with E-state index in [1.807, 2.05) is 13.8 Å². The first-order valence-corrected chi connectivity index (χ1v) is 7.31. The van der Waals surface area contributed by atoms with Gasteiger partial charge in [-0.25, -0.2) is 4.79 Å². The molecule has 0 radical (unpaired) electrons. The predicted molar refractivity (Wildman–Crippen MR) is 75.6 cm³/mol. The third kappa shape index (κ3) is 5.53. The van der Waals surface area contributed by atoms with Gasteiger partial charge in [-0.15, -0.1) is 0 Å². The van der Waals surface area contributed by atoms with Crippen LogP contribution in [0.25, 0.3) is 0 Å². The van der Waals surface area contributed by atoms with Crippen molar-refractivity contribution in [3.8, 4) is 0 Å². The first-order valence-electron chi connectivity index (χ1n) is 7.31. The number of nitrogens with zero attached hydrogens (tertiary/aromatic N) is 2. The van der Waals surface area contributed by atoms with Gasteiger partial charge in [0.05, 0.1) is 0 Å². The van der Waals surface area contributed by atoms with Crippen molar-refractivity contribution >= 4 is 11.9 Å². The Morgan fingerprint density at radius 2 is 2.05 bits per heavy atom. The fourth-order valence-corrected chi connectivity index (χ4v) is 1.87. The number of hydrogen-bond donors (Lipinski definition) is 2. The number of carboxylic acid groups (broad SMARTS) is 1. The van der Waals surface area contributed by atoms with Crippen LogP contribution in [0.1, 0.15) is 51.7 Å². The van der Waals surface area contributed by atoms with E-state index in [1.165, 1.54) is 0 Å². The Hall–Kier alpha value is -1.92. The quantitative estimate of drug-likeness (QED) is 0.716. The Balaban J connectivity index is 2.46. The maximum Gasteiger partial charge on any atom is 0.326 e. The van der Waals surface area contributed by atoms with Gasteiger partial charge in [-0.3, -0.25) is 4.79 Å². The number of hydrogen-bond acceptors (Lipinski definition) is 5. The van der Waals surface area contributed by atoms with Crippen LogP contribution in [0.5, 0.6) is 0 Å². The van der Waals surface area contributed by atoms with E-state index in [-0.39, 0.29) is 18.2 Å². The molecule has 21 heavy (non-hydrogen) atoms. The van der Waals surface area contributed by atoms with E-state index in [0.717, 1.165) is 12.8 Å². The van der Waals surface area contributed by atoms with Crippen molar-refractivity contribution in [3.05, 3.63) is 11.7 Å². The Labute approximate surface area is 124 Å². The van der Waals surface area contributed by atoms with Crippen LogP contribution >= 0.6 is 0 Å². The molecule has 0 saturated heterocycles. The summed E-state index contributed by atoms with van der Waals surface area (Å²) in [5.74, 6) is -0.412. The molecule has 0 spiro atoms. The van der Waals surface area contributed by atoms with Gasteiger partial charge in [-0.1, -0.05) is 32.3 Å². The van der Waals surface area contributed by atoms with E-state index in [9.17, 15) is 9.59 Å². The van der Waals surface area contributed by atoms with E-state index in [2.05, 4.69) is 15.5 Å². The SMILES string of the molecule is CCCc1noc(CCC(=O)N[C@H](C(=O)O)[C@@H](C)CC)n1.